The predicted molar refractivity (Wildman–Crippen MR) is 166 cm³/mol. The van der Waals surface area contributed by atoms with Crippen LogP contribution in [0.2, 0.25) is 0 Å². The lowest BCUT2D eigenvalue weighted by Gasteiger charge is -2.26. The van der Waals surface area contributed by atoms with Crippen LogP contribution >= 0.6 is 11.3 Å². The number of hydrogen-bond acceptors (Lipinski definition) is 4. The summed E-state index contributed by atoms with van der Waals surface area (Å²) >= 11 is 1.83. The maximum atomic E-state index is 9.06. The molecule has 0 aliphatic carbocycles. The first-order chi connectivity index (χ1) is 19.3. The van der Waals surface area contributed by atoms with E-state index in [1.807, 2.05) is 41.7 Å². The van der Waals surface area contributed by atoms with E-state index in [0.717, 1.165) is 22.6 Å². The fourth-order valence-corrected chi connectivity index (χ4v) is 6.40. The standard InChI is InChI=1S/C34H23BNO2S/c37-35-38-30-16-13-27(14-17-30)36(28-12-6-11-24(19-28)23-7-2-1-3-8-23)29-15-18-31-32-20-25-9-4-5-10-26(25)21-33(32)39-34(31)22-29/h1-22,37H. The van der Waals surface area contributed by atoms with Crippen LogP contribution in [0.15, 0.2) is 133 Å². The van der Waals surface area contributed by atoms with Crippen LogP contribution in [0.4, 0.5) is 17.1 Å². The van der Waals surface area contributed by atoms with Gasteiger partial charge in [0.05, 0.1) is 0 Å². The quantitative estimate of drug-likeness (QED) is 0.222. The van der Waals surface area contributed by atoms with Crippen molar-refractivity contribution in [1.82, 2.24) is 0 Å². The monoisotopic (exact) mass is 520 g/mol. The van der Waals surface area contributed by atoms with Crippen LogP contribution in [0.25, 0.3) is 42.1 Å². The molecule has 0 atom stereocenters. The summed E-state index contributed by atoms with van der Waals surface area (Å²) in [6.45, 7) is 0. The summed E-state index contributed by atoms with van der Waals surface area (Å²) in [6, 6.07) is 46.7. The van der Waals surface area contributed by atoms with Gasteiger partial charge in [-0.05, 0) is 82.6 Å². The molecular formula is C34H23BNO2S. The van der Waals surface area contributed by atoms with Gasteiger partial charge in [0, 0.05) is 37.2 Å². The van der Waals surface area contributed by atoms with Crippen LogP contribution in [0.3, 0.4) is 0 Å². The highest BCUT2D eigenvalue weighted by Gasteiger charge is 2.16. The Balaban J connectivity index is 1.39. The molecule has 39 heavy (non-hydrogen) atoms. The smallest absolute Gasteiger partial charge is 0.537 e. The molecule has 185 valence electrons. The number of fused-ring (bicyclic) bond motifs is 4. The maximum absolute atomic E-state index is 9.06. The Hall–Kier alpha value is -4.58. The number of benzene rings is 6. The summed E-state index contributed by atoms with van der Waals surface area (Å²) < 4.78 is 7.71. The van der Waals surface area contributed by atoms with Crippen LogP contribution in [-0.2, 0) is 0 Å². The Morgan fingerprint density at radius 1 is 0.538 bits per heavy atom. The Morgan fingerprint density at radius 2 is 1.21 bits per heavy atom. The molecule has 7 rings (SSSR count). The highest BCUT2D eigenvalue weighted by Crippen LogP contribution is 2.42. The van der Waals surface area contributed by atoms with Gasteiger partial charge in [-0.15, -0.1) is 11.3 Å². The van der Waals surface area contributed by atoms with Crippen LogP contribution in [0.5, 0.6) is 5.75 Å². The van der Waals surface area contributed by atoms with E-state index in [2.05, 4.69) is 108 Å². The second kappa shape index (κ2) is 9.95. The summed E-state index contributed by atoms with van der Waals surface area (Å²) in [5.41, 5.74) is 5.46. The Morgan fingerprint density at radius 3 is 2.00 bits per heavy atom. The molecule has 7 aromatic rings. The van der Waals surface area contributed by atoms with E-state index in [9.17, 15) is 0 Å². The lowest BCUT2D eigenvalue weighted by molar-refractivity contribution is 0.454. The highest BCUT2D eigenvalue weighted by atomic mass is 32.1. The van der Waals surface area contributed by atoms with E-state index in [1.54, 1.807) is 0 Å². The summed E-state index contributed by atoms with van der Waals surface area (Å²) in [6.07, 6.45) is 0. The van der Waals surface area contributed by atoms with Crippen molar-refractivity contribution in [3.63, 3.8) is 0 Å². The van der Waals surface area contributed by atoms with Gasteiger partial charge in [-0.3, -0.25) is 0 Å². The van der Waals surface area contributed by atoms with Crippen molar-refractivity contribution in [1.29, 1.82) is 0 Å². The molecule has 3 nitrogen and oxygen atoms in total. The molecule has 6 aromatic carbocycles. The molecule has 0 aliphatic heterocycles. The molecule has 1 aromatic heterocycles. The van der Waals surface area contributed by atoms with Gasteiger partial charge in [0.15, 0.2) is 0 Å². The molecule has 1 heterocycles. The lowest BCUT2D eigenvalue weighted by Crippen LogP contribution is -2.10. The van der Waals surface area contributed by atoms with E-state index in [0.29, 0.717) is 13.4 Å². The fraction of sp³-hybridized carbons (Fsp3) is 0. The minimum atomic E-state index is 0.575. The molecule has 1 N–H and O–H groups in total. The van der Waals surface area contributed by atoms with Crippen molar-refractivity contribution in [3.8, 4) is 16.9 Å². The normalized spacial score (nSPS) is 11.2. The Kier molecular flexibility index (Phi) is 6.01. The summed E-state index contributed by atoms with van der Waals surface area (Å²) in [5, 5.41) is 14.1. The first-order valence-electron chi connectivity index (χ1n) is 12.8. The van der Waals surface area contributed by atoms with Crippen molar-refractivity contribution >= 4 is 67.0 Å². The molecule has 0 bridgehead atoms. The number of thiophene rings is 1. The average molecular weight is 520 g/mol. The number of hydrogen-bond donors (Lipinski definition) is 1. The van der Waals surface area contributed by atoms with Crippen LogP contribution in [0, 0.1) is 0 Å². The van der Waals surface area contributed by atoms with Gasteiger partial charge in [0.25, 0.3) is 0 Å². The zero-order valence-electron chi connectivity index (χ0n) is 21.0. The van der Waals surface area contributed by atoms with Crippen LogP contribution in [0.1, 0.15) is 0 Å². The lowest BCUT2D eigenvalue weighted by atomic mass is 10.0. The summed E-state index contributed by atoms with van der Waals surface area (Å²) in [7, 11) is 0.703. The zero-order chi connectivity index (χ0) is 26.2. The molecule has 0 unspecified atom stereocenters. The number of rotatable bonds is 6. The van der Waals surface area contributed by atoms with E-state index < -0.39 is 0 Å². The van der Waals surface area contributed by atoms with Crippen LogP contribution in [-0.4, -0.2) is 12.7 Å². The molecule has 0 amide bonds. The third-order valence-electron chi connectivity index (χ3n) is 7.08. The van der Waals surface area contributed by atoms with E-state index in [1.165, 1.54) is 36.5 Å². The maximum Gasteiger partial charge on any atom is 0.569 e. The van der Waals surface area contributed by atoms with Crippen molar-refractivity contribution in [2.45, 2.75) is 0 Å². The van der Waals surface area contributed by atoms with E-state index in [-0.39, 0.29) is 0 Å². The molecule has 0 aliphatic rings. The summed E-state index contributed by atoms with van der Waals surface area (Å²) in [5.74, 6) is 0.575. The Bertz CT molecular complexity index is 1930. The molecule has 0 saturated heterocycles. The SMILES string of the molecule is O[B]Oc1ccc(N(c2cccc(-c3ccccc3)c2)c2ccc3c(c2)sc2cc4ccccc4cc23)cc1. The van der Waals surface area contributed by atoms with Gasteiger partial charge in [0.1, 0.15) is 5.75 Å². The molecule has 0 saturated carbocycles. The van der Waals surface area contributed by atoms with Gasteiger partial charge in [-0.2, -0.15) is 0 Å². The molecule has 5 heteroatoms. The van der Waals surface area contributed by atoms with Gasteiger partial charge >= 0.3 is 7.69 Å². The minimum absolute atomic E-state index is 0.575. The fourth-order valence-electron chi connectivity index (χ4n) is 5.23. The Labute approximate surface area is 231 Å². The first-order valence-corrected chi connectivity index (χ1v) is 13.6. The third kappa shape index (κ3) is 4.42. The third-order valence-corrected chi connectivity index (χ3v) is 8.19. The van der Waals surface area contributed by atoms with Gasteiger partial charge < -0.3 is 14.6 Å². The van der Waals surface area contributed by atoms with Gasteiger partial charge in [-0.25, -0.2) is 0 Å². The topological polar surface area (TPSA) is 32.7 Å². The van der Waals surface area contributed by atoms with Crippen molar-refractivity contribution < 1.29 is 9.68 Å². The first kappa shape index (κ1) is 23.5. The minimum Gasteiger partial charge on any atom is -0.537 e. The largest absolute Gasteiger partial charge is 0.569 e. The molecular weight excluding hydrogens is 497 g/mol. The zero-order valence-corrected chi connectivity index (χ0v) is 21.8. The van der Waals surface area contributed by atoms with Crippen molar-refractivity contribution in [2.75, 3.05) is 4.90 Å². The highest BCUT2D eigenvalue weighted by molar-refractivity contribution is 7.25. The number of nitrogens with zero attached hydrogens (tertiary/aromatic N) is 1. The van der Waals surface area contributed by atoms with Crippen molar-refractivity contribution in [2.24, 2.45) is 0 Å². The molecule has 0 fully saturated rings. The molecule has 1 radical (unpaired) electrons. The predicted octanol–water partition coefficient (Wildman–Crippen LogP) is 9.25. The average Bonchev–Trinajstić information content (AvgIpc) is 3.34. The van der Waals surface area contributed by atoms with Crippen molar-refractivity contribution in [3.05, 3.63) is 133 Å². The molecule has 0 spiro atoms. The van der Waals surface area contributed by atoms with E-state index in [4.69, 9.17) is 9.68 Å². The van der Waals surface area contributed by atoms with Gasteiger partial charge in [0.2, 0.25) is 0 Å². The van der Waals surface area contributed by atoms with Gasteiger partial charge in [-0.1, -0.05) is 72.8 Å². The second-order valence-electron chi connectivity index (χ2n) is 9.45. The second-order valence-corrected chi connectivity index (χ2v) is 10.5. The van der Waals surface area contributed by atoms with E-state index >= 15 is 0 Å². The summed E-state index contributed by atoms with van der Waals surface area (Å²) in [4.78, 5) is 2.26. The number of anilines is 3. The van der Waals surface area contributed by atoms with Crippen LogP contribution < -0.4 is 9.55 Å².